The minimum Gasteiger partial charge on any atom is -0.326 e. The second-order valence-corrected chi connectivity index (χ2v) is 5.13. The largest absolute Gasteiger partial charge is 0.326 e. The van der Waals surface area contributed by atoms with Crippen molar-refractivity contribution in [1.82, 2.24) is 4.90 Å². The third-order valence-electron chi connectivity index (χ3n) is 3.46. The number of amides is 2. The Morgan fingerprint density at radius 3 is 3.05 bits per heavy atom. The van der Waals surface area contributed by atoms with Gasteiger partial charge in [0.25, 0.3) is 0 Å². The number of carbonyl (C=O) groups is 1. The SMILES string of the molecule is CC1CCCN(C(=O)Nc2ccc(F)c(CN)c2)C1. The molecule has 104 valence electrons. The lowest BCUT2D eigenvalue weighted by atomic mass is 10.0. The maximum atomic E-state index is 13.3. The van der Waals surface area contributed by atoms with Crippen LogP contribution in [0.3, 0.4) is 0 Å². The Morgan fingerprint density at radius 1 is 1.58 bits per heavy atom. The fourth-order valence-electron chi connectivity index (χ4n) is 2.39. The van der Waals surface area contributed by atoms with Gasteiger partial charge in [-0.1, -0.05) is 6.92 Å². The zero-order valence-corrected chi connectivity index (χ0v) is 11.2. The Bertz CT molecular complexity index is 464. The van der Waals surface area contributed by atoms with Crippen molar-refractivity contribution in [1.29, 1.82) is 0 Å². The Morgan fingerprint density at radius 2 is 2.37 bits per heavy atom. The quantitative estimate of drug-likeness (QED) is 0.863. The van der Waals surface area contributed by atoms with Crippen LogP contribution in [0, 0.1) is 11.7 Å². The molecule has 1 atom stereocenters. The molecule has 1 aliphatic rings. The zero-order chi connectivity index (χ0) is 13.8. The van der Waals surface area contributed by atoms with E-state index in [1.54, 1.807) is 17.0 Å². The second-order valence-electron chi connectivity index (χ2n) is 5.13. The summed E-state index contributed by atoms with van der Waals surface area (Å²) >= 11 is 0. The van der Waals surface area contributed by atoms with Crippen LogP contribution in [0.1, 0.15) is 25.3 Å². The number of halogens is 1. The van der Waals surface area contributed by atoms with E-state index in [2.05, 4.69) is 12.2 Å². The first-order chi connectivity index (χ1) is 9.10. The number of carbonyl (C=O) groups excluding carboxylic acids is 1. The number of likely N-dealkylation sites (tertiary alicyclic amines) is 1. The van der Waals surface area contributed by atoms with E-state index in [-0.39, 0.29) is 18.4 Å². The van der Waals surface area contributed by atoms with Crippen LogP contribution in [0.15, 0.2) is 18.2 Å². The molecule has 1 aromatic carbocycles. The van der Waals surface area contributed by atoms with Crippen LogP contribution in [0.2, 0.25) is 0 Å². The molecule has 1 fully saturated rings. The van der Waals surface area contributed by atoms with Crippen LogP contribution in [0.25, 0.3) is 0 Å². The van der Waals surface area contributed by atoms with Gasteiger partial charge in [0.2, 0.25) is 0 Å². The molecular weight excluding hydrogens is 245 g/mol. The van der Waals surface area contributed by atoms with Crippen molar-refractivity contribution in [2.45, 2.75) is 26.3 Å². The molecule has 1 heterocycles. The van der Waals surface area contributed by atoms with Gasteiger partial charge in [0.15, 0.2) is 0 Å². The lowest BCUT2D eigenvalue weighted by Gasteiger charge is -2.31. The van der Waals surface area contributed by atoms with Gasteiger partial charge in [0.1, 0.15) is 5.82 Å². The van der Waals surface area contributed by atoms with E-state index in [1.165, 1.54) is 6.07 Å². The monoisotopic (exact) mass is 265 g/mol. The van der Waals surface area contributed by atoms with Gasteiger partial charge in [0.05, 0.1) is 0 Å². The summed E-state index contributed by atoms with van der Waals surface area (Å²) in [5.41, 5.74) is 6.44. The molecule has 1 unspecified atom stereocenters. The summed E-state index contributed by atoms with van der Waals surface area (Å²) in [7, 11) is 0. The number of benzene rings is 1. The van der Waals surface area contributed by atoms with E-state index in [1.807, 2.05) is 0 Å². The van der Waals surface area contributed by atoms with Gasteiger partial charge in [-0.2, -0.15) is 0 Å². The van der Waals surface area contributed by atoms with Crippen molar-refractivity contribution in [3.05, 3.63) is 29.6 Å². The third kappa shape index (κ3) is 3.44. The molecule has 2 rings (SSSR count). The molecule has 19 heavy (non-hydrogen) atoms. The second kappa shape index (κ2) is 6.02. The number of nitrogens with one attached hydrogen (secondary N) is 1. The number of nitrogens with zero attached hydrogens (tertiary/aromatic N) is 1. The highest BCUT2D eigenvalue weighted by molar-refractivity contribution is 5.89. The van der Waals surface area contributed by atoms with Gasteiger partial charge in [-0.05, 0) is 37.0 Å². The maximum Gasteiger partial charge on any atom is 0.321 e. The molecule has 0 radical (unpaired) electrons. The van der Waals surface area contributed by atoms with E-state index in [0.29, 0.717) is 17.2 Å². The minimum absolute atomic E-state index is 0.121. The van der Waals surface area contributed by atoms with E-state index in [9.17, 15) is 9.18 Å². The molecule has 2 amide bonds. The normalized spacial score (nSPS) is 19.3. The van der Waals surface area contributed by atoms with Crippen LogP contribution < -0.4 is 11.1 Å². The molecule has 1 saturated heterocycles. The molecule has 5 heteroatoms. The summed E-state index contributed by atoms with van der Waals surface area (Å²) in [6.07, 6.45) is 2.20. The lowest BCUT2D eigenvalue weighted by Crippen LogP contribution is -2.41. The maximum absolute atomic E-state index is 13.3. The van der Waals surface area contributed by atoms with Gasteiger partial charge < -0.3 is 16.0 Å². The van der Waals surface area contributed by atoms with E-state index < -0.39 is 0 Å². The zero-order valence-electron chi connectivity index (χ0n) is 11.2. The molecule has 3 N–H and O–H groups in total. The number of hydrogen-bond acceptors (Lipinski definition) is 2. The molecule has 1 aliphatic heterocycles. The number of piperidine rings is 1. The third-order valence-corrected chi connectivity index (χ3v) is 3.46. The lowest BCUT2D eigenvalue weighted by molar-refractivity contribution is 0.182. The van der Waals surface area contributed by atoms with Gasteiger partial charge in [-0.25, -0.2) is 9.18 Å². The molecule has 4 nitrogen and oxygen atoms in total. The van der Waals surface area contributed by atoms with Crippen molar-refractivity contribution in [2.24, 2.45) is 11.7 Å². The molecule has 0 aliphatic carbocycles. The first-order valence-corrected chi connectivity index (χ1v) is 6.64. The molecule has 1 aromatic rings. The summed E-state index contributed by atoms with van der Waals surface area (Å²) in [4.78, 5) is 13.9. The summed E-state index contributed by atoms with van der Waals surface area (Å²) < 4.78 is 13.3. The number of nitrogens with two attached hydrogens (primary N) is 1. The van der Waals surface area contributed by atoms with Crippen LogP contribution in [0.4, 0.5) is 14.9 Å². The molecule has 0 aromatic heterocycles. The van der Waals surface area contributed by atoms with Gasteiger partial charge >= 0.3 is 6.03 Å². The van der Waals surface area contributed by atoms with Crippen molar-refractivity contribution in [3.8, 4) is 0 Å². The first kappa shape index (κ1) is 13.8. The fourth-order valence-corrected chi connectivity index (χ4v) is 2.39. The summed E-state index contributed by atoms with van der Waals surface area (Å²) in [6.45, 7) is 3.82. The topological polar surface area (TPSA) is 58.4 Å². The van der Waals surface area contributed by atoms with Crippen molar-refractivity contribution < 1.29 is 9.18 Å². The van der Waals surface area contributed by atoms with Crippen LogP contribution in [-0.4, -0.2) is 24.0 Å². The Kier molecular flexibility index (Phi) is 4.37. The average Bonchev–Trinajstić information content (AvgIpc) is 2.41. The van der Waals surface area contributed by atoms with Crippen molar-refractivity contribution in [2.75, 3.05) is 18.4 Å². The predicted octanol–water partition coefficient (Wildman–Crippen LogP) is 2.55. The number of rotatable bonds is 2. The summed E-state index contributed by atoms with van der Waals surface area (Å²) in [5.74, 6) is 0.194. The molecular formula is C14H20FN3O. The number of hydrogen-bond donors (Lipinski definition) is 2. The van der Waals surface area contributed by atoms with Gasteiger partial charge in [-0.3, -0.25) is 0 Å². The number of anilines is 1. The van der Waals surface area contributed by atoms with Crippen molar-refractivity contribution in [3.63, 3.8) is 0 Å². The molecule has 0 saturated carbocycles. The Hall–Kier alpha value is -1.62. The highest BCUT2D eigenvalue weighted by Crippen LogP contribution is 2.18. The number of urea groups is 1. The molecule has 0 bridgehead atoms. The highest BCUT2D eigenvalue weighted by atomic mass is 19.1. The predicted molar refractivity (Wildman–Crippen MR) is 73.3 cm³/mol. The fraction of sp³-hybridized carbons (Fsp3) is 0.500. The average molecular weight is 265 g/mol. The van der Waals surface area contributed by atoms with Gasteiger partial charge in [0, 0.05) is 30.9 Å². The van der Waals surface area contributed by atoms with Crippen LogP contribution in [0.5, 0.6) is 0 Å². The van der Waals surface area contributed by atoms with E-state index >= 15 is 0 Å². The summed E-state index contributed by atoms with van der Waals surface area (Å²) in [5, 5.41) is 2.80. The van der Waals surface area contributed by atoms with Crippen molar-refractivity contribution >= 4 is 11.7 Å². The minimum atomic E-state index is -0.341. The van der Waals surface area contributed by atoms with Gasteiger partial charge in [-0.15, -0.1) is 0 Å². The summed E-state index contributed by atoms with van der Waals surface area (Å²) in [6, 6.07) is 4.35. The standard InChI is InChI=1S/C14H20FN3O/c1-10-3-2-6-18(9-10)14(19)17-12-4-5-13(15)11(7-12)8-16/h4-5,7,10H,2-3,6,8-9,16H2,1H3,(H,17,19). The van der Waals surface area contributed by atoms with Crippen LogP contribution in [-0.2, 0) is 6.54 Å². The Balaban J connectivity index is 2.02. The highest BCUT2D eigenvalue weighted by Gasteiger charge is 2.20. The van der Waals surface area contributed by atoms with Crippen LogP contribution >= 0.6 is 0 Å². The molecule has 0 spiro atoms. The smallest absolute Gasteiger partial charge is 0.321 e. The first-order valence-electron chi connectivity index (χ1n) is 6.64. The Labute approximate surface area is 112 Å². The van der Waals surface area contributed by atoms with E-state index in [0.717, 1.165) is 25.9 Å². The van der Waals surface area contributed by atoms with E-state index in [4.69, 9.17) is 5.73 Å².